The molecule has 1 atom stereocenters. The predicted octanol–water partition coefficient (Wildman–Crippen LogP) is -0.233. The molecule has 7 nitrogen and oxygen atoms in total. The molecule has 1 unspecified atom stereocenters. The molecular formula is C21H28KN3O4S. The van der Waals surface area contributed by atoms with E-state index in [0.717, 1.165) is 70.2 Å². The van der Waals surface area contributed by atoms with Crippen LogP contribution in [0.2, 0.25) is 0 Å². The van der Waals surface area contributed by atoms with E-state index < -0.39 is 21.3 Å². The number of fused-ring (bicyclic) bond motifs is 2. The molecule has 30 heavy (non-hydrogen) atoms. The molecule has 2 heterocycles. The van der Waals surface area contributed by atoms with Crippen LogP contribution in [0.5, 0.6) is 0 Å². The van der Waals surface area contributed by atoms with Gasteiger partial charge < -0.3 is 14.8 Å². The first-order chi connectivity index (χ1) is 14.0. The van der Waals surface area contributed by atoms with E-state index in [1.807, 2.05) is 0 Å². The van der Waals surface area contributed by atoms with Gasteiger partial charge in [0.25, 0.3) is 0 Å². The quantitative estimate of drug-likeness (QED) is 0.617. The standard InChI is InChI=1S/C21H29N3O4S.K/c25-21(22-20-18-7-1-4-14(18)10-15-5-2-8-19(15)20)23-29(26,27)17-12-24(13-17)11-16-6-3-9-28-16;/h10,16-17H,1-9,11-13H2,(H2,22,23,25);/q;+1/p-1. The monoisotopic (exact) mass is 457 g/mol. The van der Waals surface area contributed by atoms with Crippen LogP contribution < -0.4 is 56.7 Å². The third kappa shape index (κ3) is 4.68. The summed E-state index contributed by atoms with van der Waals surface area (Å²) in [5, 5.41) is 2.26. The number of hydrogen-bond acceptors (Lipinski definition) is 5. The van der Waals surface area contributed by atoms with Crippen molar-refractivity contribution in [1.29, 1.82) is 0 Å². The Labute approximate surface area is 221 Å². The minimum Gasteiger partial charge on any atom is -0.423 e. The van der Waals surface area contributed by atoms with Crippen LogP contribution in [0.1, 0.15) is 47.9 Å². The first-order valence-electron chi connectivity index (χ1n) is 10.8. The summed E-state index contributed by atoms with van der Waals surface area (Å²) in [6.07, 6.45) is 8.42. The number of aryl methyl sites for hydroxylation is 2. The Balaban J connectivity index is 0.00000218. The van der Waals surface area contributed by atoms with Gasteiger partial charge in [-0.25, -0.2) is 8.42 Å². The molecule has 0 spiro atoms. The number of amides is 2. The molecule has 0 aromatic heterocycles. The molecule has 9 heteroatoms. The van der Waals surface area contributed by atoms with Crippen molar-refractivity contribution in [3.8, 4) is 0 Å². The third-order valence-electron chi connectivity index (χ3n) is 6.75. The zero-order chi connectivity index (χ0) is 20.0. The predicted molar refractivity (Wildman–Crippen MR) is 111 cm³/mol. The van der Waals surface area contributed by atoms with Crippen LogP contribution in [0.25, 0.3) is 4.72 Å². The molecule has 0 saturated carbocycles. The minimum atomic E-state index is -3.81. The Morgan fingerprint density at radius 3 is 2.37 bits per heavy atom. The molecule has 2 aliphatic heterocycles. The molecule has 1 N–H and O–H groups in total. The summed E-state index contributed by atoms with van der Waals surface area (Å²) in [5.41, 5.74) is 5.79. The number of sulfonamides is 1. The van der Waals surface area contributed by atoms with Crippen molar-refractivity contribution in [2.75, 3.05) is 31.6 Å². The van der Waals surface area contributed by atoms with Crippen LogP contribution in [-0.2, 0) is 40.4 Å². The largest absolute Gasteiger partial charge is 1.00 e. The van der Waals surface area contributed by atoms with E-state index >= 15 is 0 Å². The van der Waals surface area contributed by atoms with Crippen LogP contribution in [-0.4, -0.2) is 56.9 Å². The van der Waals surface area contributed by atoms with Gasteiger partial charge in [0.1, 0.15) is 0 Å². The van der Waals surface area contributed by atoms with Crippen molar-refractivity contribution in [3.05, 3.63) is 33.0 Å². The molecule has 1 aromatic carbocycles. The van der Waals surface area contributed by atoms with Gasteiger partial charge in [0.2, 0.25) is 0 Å². The number of benzene rings is 1. The molecule has 2 aliphatic carbocycles. The van der Waals surface area contributed by atoms with E-state index in [-0.39, 0.29) is 57.5 Å². The van der Waals surface area contributed by atoms with Crippen molar-refractivity contribution in [2.24, 2.45) is 0 Å². The number of carbonyl (C=O) groups is 1. The fraction of sp³-hybridized carbons (Fsp3) is 0.667. The average molecular weight is 458 g/mol. The number of anilines is 1. The number of hydrogen-bond donors (Lipinski definition) is 1. The van der Waals surface area contributed by atoms with Crippen molar-refractivity contribution in [2.45, 2.75) is 62.7 Å². The van der Waals surface area contributed by atoms with Gasteiger partial charge >= 0.3 is 51.4 Å². The second kappa shape index (κ2) is 9.47. The van der Waals surface area contributed by atoms with Gasteiger partial charge in [-0.3, -0.25) is 9.69 Å². The smallest absolute Gasteiger partial charge is 0.423 e. The van der Waals surface area contributed by atoms with Crippen LogP contribution in [0, 0.1) is 0 Å². The van der Waals surface area contributed by atoms with Crippen LogP contribution in [0.3, 0.4) is 0 Å². The molecule has 2 saturated heterocycles. The van der Waals surface area contributed by atoms with E-state index in [4.69, 9.17) is 4.74 Å². The summed E-state index contributed by atoms with van der Waals surface area (Å²) < 4.78 is 34.4. The normalized spacial score (nSPS) is 23.4. The topological polar surface area (TPSA) is 89.8 Å². The zero-order valence-corrected chi connectivity index (χ0v) is 21.6. The van der Waals surface area contributed by atoms with Gasteiger partial charge in [-0.2, -0.15) is 0 Å². The van der Waals surface area contributed by atoms with Gasteiger partial charge in [0.05, 0.1) is 11.4 Å². The molecular weight excluding hydrogens is 429 g/mol. The molecule has 1 aromatic rings. The molecule has 2 fully saturated rings. The van der Waals surface area contributed by atoms with Gasteiger partial charge in [0.15, 0.2) is 16.1 Å². The Kier molecular flexibility index (Phi) is 7.31. The van der Waals surface area contributed by atoms with Crippen molar-refractivity contribution >= 4 is 21.7 Å². The van der Waals surface area contributed by atoms with E-state index in [1.165, 1.54) is 22.3 Å². The van der Waals surface area contributed by atoms with Gasteiger partial charge in [-0.15, -0.1) is 0 Å². The van der Waals surface area contributed by atoms with E-state index in [9.17, 15) is 13.2 Å². The average Bonchev–Trinajstić information content (AvgIpc) is 3.37. The second-order valence-electron chi connectivity index (χ2n) is 8.75. The Morgan fingerprint density at radius 2 is 1.77 bits per heavy atom. The van der Waals surface area contributed by atoms with Gasteiger partial charge in [0, 0.05) is 26.2 Å². The summed E-state index contributed by atoms with van der Waals surface area (Å²) in [4.78, 5) is 14.6. The Bertz CT molecular complexity index is 892. The number of likely N-dealkylation sites (tertiary alicyclic amines) is 1. The van der Waals surface area contributed by atoms with Gasteiger partial charge in [-0.05, 0) is 79.3 Å². The summed E-state index contributed by atoms with van der Waals surface area (Å²) in [6.45, 7) is 2.41. The minimum absolute atomic E-state index is 0. The third-order valence-corrected chi connectivity index (χ3v) is 8.31. The molecule has 158 valence electrons. The molecule has 0 bridgehead atoms. The second-order valence-corrected chi connectivity index (χ2v) is 10.6. The van der Waals surface area contributed by atoms with E-state index in [1.54, 1.807) is 0 Å². The summed E-state index contributed by atoms with van der Waals surface area (Å²) in [5.74, 6) is 0. The zero-order valence-electron chi connectivity index (χ0n) is 17.7. The summed E-state index contributed by atoms with van der Waals surface area (Å²) in [7, 11) is -3.81. The van der Waals surface area contributed by atoms with Crippen LogP contribution >= 0.6 is 0 Å². The fourth-order valence-corrected chi connectivity index (χ4v) is 6.45. The van der Waals surface area contributed by atoms with Crippen LogP contribution in [0.15, 0.2) is 6.07 Å². The number of nitrogens with zero attached hydrogens (tertiary/aromatic N) is 2. The van der Waals surface area contributed by atoms with Crippen molar-refractivity contribution in [1.82, 2.24) is 4.90 Å². The van der Waals surface area contributed by atoms with Gasteiger partial charge in [-0.1, -0.05) is 6.07 Å². The maximum Gasteiger partial charge on any atom is 1.00 e. The van der Waals surface area contributed by atoms with Crippen molar-refractivity contribution in [3.63, 3.8) is 0 Å². The first-order valence-corrected chi connectivity index (χ1v) is 12.3. The summed E-state index contributed by atoms with van der Waals surface area (Å²) in [6, 6.07) is 1.53. The van der Waals surface area contributed by atoms with E-state index in [2.05, 4.69) is 21.0 Å². The molecule has 0 radical (unpaired) electrons. The first kappa shape index (κ1) is 23.2. The Morgan fingerprint density at radius 1 is 1.10 bits per heavy atom. The number of urea groups is 1. The van der Waals surface area contributed by atoms with Crippen molar-refractivity contribution < 1.29 is 69.3 Å². The number of rotatable bonds is 5. The number of nitrogens with one attached hydrogen (secondary N) is 1. The molecule has 2 amide bonds. The summed E-state index contributed by atoms with van der Waals surface area (Å²) >= 11 is 0. The van der Waals surface area contributed by atoms with E-state index in [0.29, 0.717) is 13.1 Å². The molecule has 4 aliphatic rings. The SMILES string of the molecule is O=C([N-]S(=O)(=O)C1CN(CC2CCCO2)C1)Nc1c2c(cc3c1CCC3)CCC2.[K+]. The maximum atomic E-state index is 12.6. The van der Waals surface area contributed by atoms with Crippen LogP contribution in [0.4, 0.5) is 10.5 Å². The number of carbonyl (C=O) groups excluding carboxylic acids is 1. The maximum absolute atomic E-state index is 12.6. The Hall–Kier alpha value is -0.00364. The number of ether oxygens (including phenoxy) is 1. The fourth-order valence-electron chi connectivity index (χ4n) is 5.22. The molecule has 5 rings (SSSR count).